The summed E-state index contributed by atoms with van der Waals surface area (Å²) in [6.45, 7) is 17.4. The van der Waals surface area contributed by atoms with E-state index in [4.69, 9.17) is 15.0 Å². The van der Waals surface area contributed by atoms with Crippen LogP contribution in [-0.4, -0.2) is 41.4 Å². The molecular weight excluding hydrogens is 372 g/mol. The van der Waals surface area contributed by atoms with E-state index in [0.29, 0.717) is 6.04 Å². The Morgan fingerprint density at radius 3 is 1.86 bits per heavy atom. The number of nitrogens with one attached hydrogen (secondary N) is 1. The number of thiazole rings is 1. The van der Waals surface area contributed by atoms with Gasteiger partial charge in [-0.1, -0.05) is 62.3 Å². The Labute approximate surface area is 181 Å². The molecule has 1 heterocycles. The molecule has 0 spiro atoms. The summed E-state index contributed by atoms with van der Waals surface area (Å²) in [6.07, 6.45) is 6.21. The lowest BCUT2D eigenvalue weighted by molar-refractivity contribution is -0.134. The summed E-state index contributed by atoms with van der Waals surface area (Å²) < 4.78 is 0. The third kappa shape index (κ3) is 39.9. The van der Waals surface area contributed by atoms with Crippen LogP contribution in [0.15, 0.2) is 5.38 Å². The lowest BCUT2D eigenvalue weighted by Crippen LogP contribution is -2.24. The second-order valence-corrected chi connectivity index (χ2v) is 5.51. The van der Waals surface area contributed by atoms with Gasteiger partial charge in [-0.3, -0.25) is 4.79 Å². The number of hydrogen-bond donors (Lipinski definition) is 3. The number of hydrogen-bond acceptors (Lipinski definition) is 5. The Kier molecular flexibility index (Phi) is 60.1. The lowest BCUT2D eigenvalue weighted by atomic mass is 10.1. The van der Waals surface area contributed by atoms with E-state index >= 15 is 0 Å². The van der Waals surface area contributed by atoms with E-state index in [1.165, 1.54) is 30.7 Å². The highest BCUT2D eigenvalue weighted by Crippen LogP contribution is 2.13. The number of carboxylic acid groups (broad SMARTS) is 1. The van der Waals surface area contributed by atoms with Crippen LogP contribution in [0.25, 0.3) is 0 Å². The van der Waals surface area contributed by atoms with Gasteiger partial charge in [0, 0.05) is 31.1 Å². The van der Waals surface area contributed by atoms with Crippen LogP contribution >= 0.6 is 11.3 Å². The summed E-state index contributed by atoms with van der Waals surface area (Å²) in [6, 6.07) is 0.691. The Morgan fingerprint density at radius 1 is 1.14 bits per heavy atom. The third-order valence-corrected chi connectivity index (χ3v) is 3.68. The van der Waals surface area contributed by atoms with Crippen LogP contribution in [-0.2, 0) is 11.2 Å². The summed E-state index contributed by atoms with van der Waals surface area (Å²) in [5.41, 5.74) is 1.16. The molecular formula is C22H52N2O3S. The Morgan fingerprint density at radius 2 is 1.57 bits per heavy atom. The smallest absolute Gasteiger partial charge is 0.300 e. The van der Waals surface area contributed by atoms with E-state index in [-0.39, 0.29) is 7.43 Å². The predicted molar refractivity (Wildman–Crippen MR) is 130 cm³/mol. The van der Waals surface area contributed by atoms with Gasteiger partial charge >= 0.3 is 0 Å². The molecule has 1 rings (SSSR count). The van der Waals surface area contributed by atoms with Gasteiger partial charge in [0.05, 0.1) is 5.01 Å². The summed E-state index contributed by atoms with van der Waals surface area (Å²) >= 11 is 1.79. The Bertz CT molecular complexity index is 355. The molecule has 0 saturated heterocycles. The van der Waals surface area contributed by atoms with E-state index < -0.39 is 5.97 Å². The van der Waals surface area contributed by atoms with Gasteiger partial charge in [-0.25, -0.2) is 4.98 Å². The molecule has 0 bridgehead atoms. The molecule has 28 heavy (non-hydrogen) atoms. The largest absolute Gasteiger partial charge is 0.481 e. The second-order valence-electron chi connectivity index (χ2n) is 4.57. The number of nitrogens with zero attached hydrogens (tertiary/aromatic N) is 1. The van der Waals surface area contributed by atoms with Crippen molar-refractivity contribution >= 4 is 17.3 Å². The number of carbonyl (C=O) groups is 1. The van der Waals surface area contributed by atoms with Crippen LogP contribution in [0.2, 0.25) is 0 Å². The van der Waals surface area contributed by atoms with Crippen molar-refractivity contribution < 1.29 is 15.0 Å². The van der Waals surface area contributed by atoms with Crippen molar-refractivity contribution in [2.45, 2.75) is 108 Å². The fourth-order valence-electron chi connectivity index (χ4n) is 1.80. The highest BCUT2D eigenvalue weighted by molar-refractivity contribution is 7.09. The first-order chi connectivity index (χ1) is 13.0. The Balaban J connectivity index is -0.0000000788. The van der Waals surface area contributed by atoms with E-state index in [9.17, 15) is 0 Å². The van der Waals surface area contributed by atoms with Crippen molar-refractivity contribution in [1.82, 2.24) is 10.3 Å². The molecule has 0 amide bonds. The molecule has 0 radical (unpaired) electrons. The third-order valence-electron chi connectivity index (χ3n) is 2.66. The monoisotopic (exact) mass is 424 g/mol. The van der Waals surface area contributed by atoms with E-state index in [2.05, 4.69) is 36.6 Å². The van der Waals surface area contributed by atoms with Crippen LogP contribution in [0.3, 0.4) is 0 Å². The molecule has 0 saturated carbocycles. The molecule has 6 heteroatoms. The zero-order chi connectivity index (χ0) is 22.7. The summed E-state index contributed by atoms with van der Waals surface area (Å²) in [4.78, 5) is 13.5. The minimum absolute atomic E-state index is 0. The summed E-state index contributed by atoms with van der Waals surface area (Å²) in [5.74, 6) is -0.833. The topological polar surface area (TPSA) is 82.5 Å². The van der Waals surface area contributed by atoms with Gasteiger partial charge in [-0.2, -0.15) is 0 Å². The van der Waals surface area contributed by atoms with Crippen molar-refractivity contribution in [3.8, 4) is 0 Å². The first-order valence-electron chi connectivity index (χ1n) is 10.2. The standard InChI is InChI=1S/C12H22N2S.C2H4O2.3C2H6.CH4O.CH4/c1-4-6-11(13-3)7-5-8-12-14-10(2)9-15-12;1-2(3)4;4*1-2;/h9,11,13H,4-8H2,1-3H3;1H3,(H,3,4);3*1-2H3;2H,1H3;1H4. The minimum Gasteiger partial charge on any atom is -0.481 e. The van der Waals surface area contributed by atoms with Crippen LogP contribution in [0.1, 0.15) is 99.2 Å². The van der Waals surface area contributed by atoms with Crippen LogP contribution in [0.5, 0.6) is 0 Å². The molecule has 174 valence electrons. The average molecular weight is 425 g/mol. The first kappa shape index (κ1) is 41.4. The number of aliphatic hydroxyl groups excluding tert-OH is 1. The van der Waals surface area contributed by atoms with E-state index in [0.717, 1.165) is 26.1 Å². The quantitative estimate of drug-likeness (QED) is 0.460. The maximum atomic E-state index is 9.00. The van der Waals surface area contributed by atoms with Gasteiger partial charge in [0.2, 0.25) is 0 Å². The summed E-state index contributed by atoms with van der Waals surface area (Å²) in [5, 5.41) is 21.2. The van der Waals surface area contributed by atoms with Gasteiger partial charge in [0.25, 0.3) is 5.97 Å². The molecule has 3 N–H and O–H groups in total. The number of aliphatic carboxylic acids is 1. The zero-order valence-electron chi connectivity index (χ0n) is 19.8. The molecule has 5 nitrogen and oxygen atoms in total. The molecule has 0 aliphatic rings. The second kappa shape index (κ2) is 40.6. The first-order valence-corrected chi connectivity index (χ1v) is 11.1. The van der Waals surface area contributed by atoms with E-state index in [1.807, 2.05) is 41.5 Å². The number of aliphatic hydroxyl groups is 1. The van der Waals surface area contributed by atoms with Crippen LogP contribution < -0.4 is 5.32 Å². The predicted octanol–water partition coefficient (Wildman–Crippen LogP) is 6.58. The van der Waals surface area contributed by atoms with Crippen molar-refractivity contribution in [3.05, 3.63) is 16.1 Å². The molecule has 1 aromatic rings. The number of aromatic nitrogens is 1. The fraction of sp³-hybridized carbons (Fsp3) is 0.818. The highest BCUT2D eigenvalue weighted by Gasteiger charge is 2.05. The normalized spacial score (nSPS) is 8.71. The van der Waals surface area contributed by atoms with Crippen molar-refractivity contribution in [1.29, 1.82) is 0 Å². The lowest BCUT2D eigenvalue weighted by Gasteiger charge is -2.14. The zero-order valence-corrected chi connectivity index (χ0v) is 20.7. The van der Waals surface area contributed by atoms with Gasteiger partial charge in [0.1, 0.15) is 0 Å². The Hall–Kier alpha value is -0.980. The average Bonchev–Trinajstić information content (AvgIpc) is 3.12. The number of carboxylic acids is 1. The van der Waals surface area contributed by atoms with Gasteiger partial charge in [0.15, 0.2) is 0 Å². The highest BCUT2D eigenvalue weighted by atomic mass is 32.1. The maximum Gasteiger partial charge on any atom is 0.300 e. The van der Waals surface area contributed by atoms with Crippen LogP contribution in [0.4, 0.5) is 0 Å². The molecule has 1 unspecified atom stereocenters. The number of aryl methyl sites for hydroxylation is 2. The molecule has 0 aromatic carbocycles. The molecule has 0 fully saturated rings. The summed E-state index contributed by atoms with van der Waals surface area (Å²) in [7, 11) is 3.06. The van der Waals surface area contributed by atoms with Crippen molar-refractivity contribution in [2.24, 2.45) is 0 Å². The van der Waals surface area contributed by atoms with Crippen molar-refractivity contribution in [2.75, 3.05) is 14.2 Å². The van der Waals surface area contributed by atoms with Crippen LogP contribution in [0, 0.1) is 6.92 Å². The van der Waals surface area contributed by atoms with Gasteiger partial charge < -0.3 is 15.5 Å². The molecule has 0 aliphatic heterocycles. The van der Waals surface area contributed by atoms with E-state index in [1.54, 1.807) is 11.3 Å². The minimum atomic E-state index is -0.833. The van der Waals surface area contributed by atoms with Crippen molar-refractivity contribution in [3.63, 3.8) is 0 Å². The van der Waals surface area contributed by atoms with Gasteiger partial charge in [-0.05, 0) is 39.7 Å². The fourth-order valence-corrected chi connectivity index (χ4v) is 2.62. The maximum absolute atomic E-state index is 9.00. The molecule has 1 atom stereocenters. The molecule has 0 aliphatic carbocycles. The SMILES string of the molecule is C.CC.CC.CC.CC(=O)O.CCCC(CCCc1nc(C)cs1)NC.CO. The molecule has 1 aromatic heterocycles. The van der Waals surface area contributed by atoms with Gasteiger partial charge in [-0.15, -0.1) is 11.3 Å². The number of rotatable bonds is 7.